The van der Waals surface area contributed by atoms with Gasteiger partial charge < -0.3 is 19.9 Å². The lowest BCUT2D eigenvalue weighted by Gasteiger charge is -2.28. The van der Waals surface area contributed by atoms with Gasteiger partial charge >= 0.3 is 0 Å². The molecule has 2 aromatic rings. The molecule has 6 heteroatoms. The molecule has 2 amide bonds. The minimum absolute atomic E-state index is 0.0117. The molecule has 152 valence electrons. The van der Waals surface area contributed by atoms with E-state index in [-0.39, 0.29) is 18.4 Å². The van der Waals surface area contributed by atoms with Crippen LogP contribution in [0.4, 0.5) is 11.4 Å². The van der Waals surface area contributed by atoms with E-state index in [1.54, 1.807) is 13.1 Å². The van der Waals surface area contributed by atoms with Crippen molar-refractivity contribution in [2.75, 3.05) is 50.1 Å². The Morgan fingerprint density at radius 2 is 1.86 bits per heavy atom. The molecule has 0 spiro atoms. The summed E-state index contributed by atoms with van der Waals surface area (Å²) in [5, 5.41) is 2.84. The number of aryl methyl sites for hydroxylation is 1. The van der Waals surface area contributed by atoms with Gasteiger partial charge in [0.05, 0.1) is 19.8 Å². The second-order valence-electron chi connectivity index (χ2n) is 7.14. The van der Waals surface area contributed by atoms with Crippen molar-refractivity contribution in [2.45, 2.75) is 6.92 Å². The molecular weight excluding hydrogens is 366 g/mol. The Kier molecular flexibility index (Phi) is 7.03. The Hall–Kier alpha value is -3.12. The number of amides is 2. The summed E-state index contributed by atoms with van der Waals surface area (Å²) in [6.45, 7) is 5.20. The summed E-state index contributed by atoms with van der Waals surface area (Å²) < 4.78 is 5.37. The fraction of sp³-hybridized carbons (Fsp3) is 0.304. The number of nitrogens with zero attached hydrogens (tertiary/aromatic N) is 2. The van der Waals surface area contributed by atoms with Crippen molar-refractivity contribution in [1.82, 2.24) is 4.90 Å². The van der Waals surface area contributed by atoms with Crippen LogP contribution >= 0.6 is 0 Å². The first-order valence-electron chi connectivity index (χ1n) is 9.74. The summed E-state index contributed by atoms with van der Waals surface area (Å²) in [6.07, 6.45) is 3.24. The van der Waals surface area contributed by atoms with Crippen LogP contribution in [-0.4, -0.2) is 56.6 Å². The highest BCUT2D eigenvalue weighted by Gasteiger charge is 2.13. The second-order valence-corrected chi connectivity index (χ2v) is 7.14. The molecule has 0 unspecified atom stereocenters. The van der Waals surface area contributed by atoms with Gasteiger partial charge in [0.15, 0.2) is 0 Å². The van der Waals surface area contributed by atoms with Crippen LogP contribution in [0.5, 0.6) is 0 Å². The zero-order valence-electron chi connectivity index (χ0n) is 16.9. The highest BCUT2D eigenvalue weighted by Crippen LogP contribution is 2.19. The predicted octanol–water partition coefficient (Wildman–Crippen LogP) is 2.94. The van der Waals surface area contributed by atoms with E-state index < -0.39 is 0 Å². The van der Waals surface area contributed by atoms with Crippen molar-refractivity contribution >= 4 is 29.3 Å². The first kappa shape index (κ1) is 20.6. The van der Waals surface area contributed by atoms with Crippen molar-refractivity contribution in [3.8, 4) is 0 Å². The Morgan fingerprint density at radius 1 is 1.14 bits per heavy atom. The number of carbonyl (C=O) groups excluding carboxylic acids is 2. The monoisotopic (exact) mass is 393 g/mol. The van der Waals surface area contributed by atoms with Gasteiger partial charge in [0.2, 0.25) is 11.8 Å². The van der Waals surface area contributed by atoms with Crippen LogP contribution in [-0.2, 0) is 14.3 Å². The van der Waals surface area contributed by atoms with Gasteiger partial charge in [-0.2, -0.15) is 0 Å². The van der Waals surface area contributed by atoms with E-state index in [9.17, 15) is 9.59 Å². The van der Waals surface area contributed by atoms with Gasteiger partial charge in [0.1, 0.15) is 0 Å². The van der Waals surface area contributed by atoms with Gasteiger partial charge in [-0.05, 0) is 42.8 Å². The molecule has 0 atom stereocenters. The van der Waals surface area contributed by atoms with Crippen molar-refractivity contribution in [2.24, 2.45) is 0 Å². The summed E-state index contributed by atoms with van der Waals surface area (Å²) >= 11 is 0. The smallest absolute Gasteiger partial charge is 0.246 e. The highest BCUT2D eigenvalue weighted by molar-refractivity contribution is 5.98. The fourth-order valence-corrected chi connectivity index (χ4v) is 3.14. The summed E-state index contributed by atoms with van der Waals surface area (Å²) in [6, 6.07) is 15.6. The van der Waals surface area contributed by atoms with Gasteiger partial charge in [0, 0.05) is 37.6 Å². The van der Waals surface area contributed by atoms with Gasteiger partial charge in [-0.3, -0.25) is 9.59 Å². The van der Waals surface area contributed by atoms with Gasteiger partial charge in [0.25, 0.3) is 0 Å². The van der Waals surface area contributed by atoms with E-state index in [0.717, 1.165) is 43.1 Å². The van der Waals surface area contributed by atoms with Crippen LogP contribution in [0, 0.1) is 6.92 Å². The van der Waals surface area contributed by atoms with E-state index in [0.29, 0.717) is 5.69 Å². The van der Waals surface area contributed by atoms with Crippen LogP contribution in [0.3, 0.4) is 0 Å². The molecule has 0 radical (unpaired) electrons. The van der Waals surface area contributed by atoms with Crippen LogP contribution in [0.2, 0.25) is 0 Å². The average Bonchev–Trinajstić information content (AvgIpc) is 2.73. The lowest BCUT2D eigenvalue weighted by molar-refractivity contribution is -0.129. The molecule has 1 saturated heterocycles. The van der Waals surface area contributed by atoms with Crippen LogP contribution in [0.1, 0.15) is 11.1 Å². The SMILES string of the molecule is Cc1cccc(C=CC(=O)N(C)CC(=O)Nc2ccc(N3CCOCC3)cc2)c1. The third kappa shape index (κ3) is 6.19. The van der Waals surface area contributed by atoms with E-state index in [1.165, 1.54) is 11.0 Å². The van der Waals surface area contributed by atoms with Crippen molar-refractivity contribution < 1.29 is 14.3 Å². The summed E-state index contributed by atoms with van der Waals surface area (Å²) in [5.41, 5.74) is 3.91. The standard InChI is InChI=1S/C23H27N3O3/c1-18-4-3-5-19(16-18)6-11-23(28)25(2)17-22(27)24-20-7-9-21(10-8-20)26-12-14-29-15-13-26/h3-11,16H,12-15,17H2,1-2H3,(H,24,27). The summed E-state index contributed by atoms with van der Waals surface area (Å²) in [7, 11) is 1.62. The van der Waals surface area contributed by atoms with Crippen molar-refractivity contribution in [3.63, 3.8) is 0 Å². The number of rotatable bonds is 6. The Labute approximate surface area is 171 Å². The van der Waals surface area contributed by atoms with E-state index >= 15 is 0 Å². The van der Waals surface area contributed by atoms with Crippen LogP contribution in [0.25, 0.3) is 6.08 Å². The van der Waals surface area contributed by atoms with Gasteiger partial charge in [-0.25, -0.2) is 0 Å². The molecule has 1 heterocycles. The number of carbonyl (C=O) groups is 2. The summed E-state index contributed by atoms with van der Waals surface area (Å²) in [5.74, 6) is -0.451. The maximum atomic E-state index is 12.3. The zero-order valence-corrected chi connectivity index (χ0v) is 16.9. The Morgan fingerprint density at radius 3 is 2.55 bits per heavy atom. The number of anilines is 2. The van der Waals surface area contributed by atoms with E-state index in [4.69, 9.17) is 4.74 Å². The number of benzene rings is 2. The predicted molar refractivity (Wildman–Crippen MR) is 116 cm³/mol. The number of hydrogen-bond donors (Lipinski definition) is 1. The maximum absolute atomic E-state index is 12.3. The highest BCUT2D eigenvalue weighted by atomic mass is 16.5. The molecule has 1 N–H and O–H groups in total. The first-order chi connectivity index (χ1) is 14.0. The molecule has 0 saturated carbocycles. The molecule has 0 bridgehead atoms. The van der Waals surface area contributed by atoms with Crippen LogP contribution < -0.4 is 10.2 Å². The number of morpholine rings is 1. The second kappa shape index (κ2) is 9.89. The minimum Gasteiger partial charge on any atom is -0.378 e. The number of nitrogens with one attached hydrogen (secondary N) is 1. The minimum atomic E-state index is -0.232. The lowest BCUT2D eigenvalue weighted by Crippen LogP contribution is -2.36. The largest absolute Gasteiger partial charge is 0.378 e. The molecule has 6 nitrogen and oxygen atoms in total. The lowest BCUT2D eigenvalue weighted by atomic mass is 10.1. The molecule has 0 aliphatic carbocycles. The quantitative estimate of drug-likeness (QED) is 0.767. The normalized spacial score (nSPS) is 14.1. The molecule has 1 fully saturated rings. The zero-order chi connectivity index (χ0) is 20.6. The average molecular weight is 393 g/mol. The maximum Gasteiger partial charge on any atom is 0.246 e. The number of ether oxygens (including phenoxy) is 1. The Balaban J connectivity index is 1.49. The Bertz CT molecular complexity index is 871. The molecular formula is C23H27N3O3. The summed E-state index contributed by atoms with van der Waals surface area (Å²) in [4.78, 5) is 28.2. The molecule has 2 aromatic carbocycles. The van der Waals surface area contributed by atoms with Gasteiger partial charge in [-0.15, -0.1) is 0 Å². The van der Waals surface area contributed by atoms with Gasteiger partial charge in [-0.1, -0.05) is 29.8 Å². The van der Waals surface area contributed by atoms with E-state index in [1.807, 2.05) is 55.5 Å². The van der Waals surface area contributed by atoms with Crippen molar-refractivity contribution in [1.29, 1.82) is 0 Å². The topological polar surface area (TPSA) is 61.9 Å². The van der Waals surface area contributed by atoms with E-state index in [2.05, 4.69) is 10.2 Å². The fourth-order valence-electron chi connectivity index (χ4n) is 3.14. The number of likely N-dealkylation sites (N-methyl/N-ethyl adjacent to an activating group) is 1. The molecule has 0 aromatic heterocycles. The molecule has 1 aliphatic rings. The third-order valence-electron chi connectivity index (χ3n) is 4.74. The molecule has 1 aliphatic heterocycles. The van der Waals surface area contributed by atoms with Crippen molar-refractivity contribution in [3.05, 3.63) is 65.7 Å². The van der Waals surface area contributed by atoms with Crippen LogP contribution in [0.15, 0.2) is 54.6 Å². The molecule has 3 rings (SSSR count). The molecule has 29 heavy (non-hydrogen) atoms. The first-order valence-corrected chi connectivity index (χ1v) is 9.74. The number of hydrogen-bond acceptors (Lipinski definition) is 4. The third-order valence-corrected chi connectivity index (χ3v) is 4.74.